The Morgan fingerprint density at radius 1 is 0.842 bits per heavy atom. The first-order valence-electron chi connectivity index (χ1n) is 6.45. The van der Waals surface area contributed by atoms with Gasteiger partial charge in [0.1, 0.15) is 5.75 Å². The van der Waals surface area contributed by atoms with E-state index in [1.165, 1.54) is 6.07 Å². The van der Waals surface area contributed by atoms with Crippen molar-refractivity contribution in [1.82, 2.24) is 0 Å². The second-order valence-electron chi connectivity index (χ2n) is 4.48. The molecule has 2 rings (SSSR count). The minimum atomic E-state index is -0.238. The summed E-state index contributed by atoms with van der Waals surface area (Å²) < 4.78 is 0. The number of phenols is 3. The van der Waals surface area contributed by atoms with E-state index in [0.717, 1.165) is 17.5 Å². The maximum Gasteiger partial charge on any atom is 0.164 e. The Labute approximate surface area is 112 Å². The lowest BCUT2D eigenvalue weighted by molar-refractivity contribution is 0.391. The highest BCUT2D eigenvalue weighted by molar-refractivity contribution is 5.78. The van der Waals surface area contributed by atoms with Crippen LogP contribution in [0.4, 0.5) is 0 Å². The SMILES string of the molecule is CCc1ccccc1-c1cc(O)c(O)c(CC)c1O. The molecular weight excluding hydrogens is 240 g/mol. The van der Waals surface area contributed by atoms with E-state index in [1.807, 2.05) is 38.1 Å². The van der Waals surface area contributed by atoms with Crippen LogP contribution in [-0.4, -0.2) is 15.3 Å². The smallest absolute Gasteiger partial charge is 0.164 e. The number of hydrogen-bond donors (Lipinski definition) is 3. The lowest BCUT2D eigenvalue weighted by atomic mass is 9.94. The molecule has 0 bridgehead atoms. The lowest BCUT2D eigenvalue weighted by Crippen LogP contribution is -1.92. The quantitative estimate of drug-likeness (QED) is 0.582. The normalized spacial score (nSPS) is 10.6. The van der Waals surface area contributed by atoms with E-state index in [-0.39, 0.29) is 17.2 Å². The third kappa shape index (κ3) is 2.24. The molecule has 0 amide bonds. The first kappa shape index (κ1) is 13.3. The van der Waals surface area contributed by atoms with Gasteiger partial charge in [0.05, 0.1) is 0 Å². The standard InChI is InChI=1S/C16H18O3/c1-3-10-7-5-6-8-12(10)13-9-14(17)16(19)11(4-2)15(13)18/h5-9,17-19H,3-4H2,1-2H3. The summed E-state index contributed by atoms with van der Waals surface area (Å²) in [7, 11) is 0. The number of rotatable bonds is 3. The Hall–Kier alpha value is -2.16. The Balaban J connectivity index is 2.72. The van der Waals surface area contributed by atoms with Gasteiger partial charge in [-0.1, -0.05) is 38.1 Å². The van der Waals surface area contributed by atoms with Gasteiger partial charge in [0.25, 0.3) is 0 Å². The molecule has 0 aliphatic rings. The zero-order valence-corrected chi connectivity index (χ0v) is 11.1. The zero-order valence-electron chi connectivity index (χ0n) is 11.1. The van der Waals surface area contributed by atoms with Crippen LogP contribution >= 0.6 is 0 Å². The monoisotopic (exact) mass is 258 g/mol. The second kappa shape index (κ2) is 5.22. The molecule has 0 radical (unpaired) electrons. The van der Waals surface area contributed by atoms with E-state index >= 15 is 0 Å². The lowest BCUT2D eigenvalue weighted by Gasteiger charge is -2.14. The van der Waals surface area contributed by atoms with E-state index < -0.39 is 0 Å². The Morgan fingerprint density at radius 2 is 1.53 bits per heavy atom. The van der Waals surface area contributed by atoms with Crippen LogP contribution in [0.15, 0.2) is 30.3 Å². The largest absolute Gasteiger partial charge is 0.507 e. The highest BCUT2D eigenvalue weighted by Gasteiger charge is 2.17. The van der Waals surface area contributed by atoms with E-state index in [4.69, 9.17) is 0 Å². The number of benzene rings is 2. The third-order valence-corrected chi connectivity index (χ3v) is 3.39. The summed E-state index contributed by atoms with van der Waals surface area (Å²) in [5, 5.41) is 29.9. The molecular formula is C16H18O3. The second-order valence-corrected chi connectivity index (χ2v) is 4.48. The fourth-order valence-electron chi connectivity index (χ4n) is 2.33. The highest BCUT2D eigenvalue weighted by atomic mass is 16.3. The van der Waals surface area contributed by atoms with Crippen LogP contribution in [0.5, 0.6) is 17.2 Å². The molecule has 0 aliphatic carbocycles. The van der Waals surface area contributed by atoms with Crippen molar-refractivity contribution < 1.29 is 15.3 Å². The van der Waals surface area contributed by atoms with Gasteiger partial charge in [-0.15, -0.1) is 0 Å². The van der Waals surface area contributed by atoms with Crippen molar-refractivity contribution in [1.29, 1.82) is 0 Å². The van der Waals surface area contributed by atoms with Crippen molar-refractivity contribution in [2.45, 2.75) is 26.7 Å². The third-order valence-electron chi connectivity index (χ3n) is 3.39. The number of hydrogen-bond acceptors (Lipinski definition) is 3. The molecule has 0 spiro atoms. The molecule has 0 unspecified atom stereocenters. The van der Waals surface area contributed by atoms with Crippen LogP contribution in [0, 0.1) is 0 Å². The summed E-state index contributed by atoms with van der Waals surface area (Å²) in [5.41, 5.74) is 2.91. The van der Waals surface area contributed by atoms with Gasteiger partial charge < -0.3 is 15.3 Å². The molecule has 3 N–H and O–H groups in total. The predicted octanol–water partition coefficient (Wildman–Crippen LogP) is 3.60. The number of aryl methyl sites for hydroxylation is 1. The van der Waals surface area contributed by atoms with E-state index in [1.54, 1.807) is 0 Å². The Kier molecular flexibility index (Phi) is 3.65. The average Bonchev–Trinajstić information content (AvgIpc) is 2.43. The van der Waals surface area contributed by atoms with E-state index in [2.05, 4.69) is 0 Å². The molecule has 0 aliphatic heterocycles. The van der Waals surface area contributed by atoms with Crippen LogP contribution in [0.2, 0.25) is 0 Å². The first-order chi connectivity index (χ1) is 9.10. The summed E-state index contributed by atoms with van der Waals surface area (Å²) in [4.78, 5) is 0. The van der Waals surface area contributed by atoms with Crippen LogP contribution in [-0.2, 0) is 12.8 Å². The van der Waals surface area contributed by atoms with Crippen LogP contribution in [0.25, 0.3) is 11.1 Å². The molecule has 3 nitrogen and oxygen atoms in total. The molecule has 0 saturated carbocycles. The van der Waals surface area contributed by atoms with Crippen molar-refractivity contribution in [3.63, 3.8) is 0 Å². The molecule has 3 heteroatoms. The van der Waals surface area contributed by atoms with Crippen LogP contribution < -0.4 is 0 Å². The summed E-state index contributed by atoms with van der Waals surface area (Å²) in [6.45, 7) is 3.86. The molecule has 0 heterocycles. The maximum atomic E-state index is 10.3. The predicted molar refractivity (Wildman–Crippen MR) is 75.6 cm³/mol. The fourth-order valence-corrected chi connectivity index (χ4v) is 2.33. The van der Waals surface area contributed by atoms with Crippen molar-refractivity contribution in [3.8, 4) is 28.4 Å². The van der Waals surface area contributed by atoms with Gasteiger partial charge in [0.15, 0.2) is 11.5 Å². The molecule has 0 saturated heterocycles. The molecule has 19 heavy (non-hydrogen) atoms. The topological polar surface area (TPSA) is 60.7 Å². The number of aromatic hydroxyl groups is 3. The number of phenolic OH excluding ortho intramolecular Hbond substituents is 3. The molecule has 0 aromatic heterocycles. The fraction of sp³-hybridized carbons (Fsp3) is 0.250. The zero-order chi connectivity index (χ0) is 14.0. The van der Waals surface area contributed by atoms with Crippen molar-refractivity contribution in [2.75, 3.05) is 0 Å². The summed E-state index contributed by atoms with van der Waals surface area (Å²) in [6.07, 6.45) is 1.28. The maximum absolute atomic E-state index is 10.3. The molecule has 0 fully saturated rings. The van der Waals surface area contributed by atoms with Gasteiger partial charge in [-0.25, -0.2) is 0 Å². The molecule has 0 atom stereocenters. The van der Waals surface area contributed by atoms with E-state index in [9.17, 15) is 15.3 Å². The van der Waals surface area contributed by atoms with Crippen molar-refractivity contribution in [3.05, 3.63) is 41.5 Å². The van der Waals surface area contributed by atoms with E-state index in [0.29, 0.717) is 17.5 Å². The Bertz CT molecular complexity index is 603. The van der Waals surface area contributed by atoms with Gasteiger partial charge in [-0.2, -0.15) is 0 Å². The molecule has 2 aromatic rings. The van der Waals surface area contributed by atoms with Gasteiger partial charge >= 0.3 is 0 Å². The minimum absolute atomic E-state index is 0.0405. The van der Waals surface area contributed by atoms with Gasteiger partial charge in [-0.3, -0.25) is 0 Å². The highest BCUT2D eigenvalue weighted by Crippen LogP contribution is 2.44. The van der Waals surface area contributed by atoms with Crippen molar-refractivity contribution in [2.24, 2.45) is 0 Å². The van der Waals surface area contributed by atoms with Crippen molar-refractivity contribution >= 4 is 0 Å². The average molecular weight is 258 g/mol. The van der Waals surface area contributed by atoms with Gasteiger partial charge in [0, 0.05) is 11.1 Å². The summed E-state index contributed by atoms with van der Waals surface area (Å²) in [5.74, 6) is -0.396. The first-order valence-corrected chi connectivity index (χ1v) is 6.45. The van der Waals surface area contributed by atoms with Gasteiger partial charge in [-0.05, 0) is 30.0 Å². The molecule has 2 aromatic carbocycles. The summed E-state index contributed by atoms with van der Waals surface area (Å²) >= 11 is 0. The summed E-state index contributed by atoms with van der Waals surface area (Å²) in [6, 6.07) is 9.15. The Morgan fingerprint density at radius 3 is 2.16 bits per heavy atom. The minimum Gasteiger partial charge on any atom is -0.507 e. The van der Waals surface area contributed by atoms with Gasteiger partial charge in [0.2, 0.25) is 0 Å². The molecule has 100 valence electrons. The van der Waals surface area contributed by atoms with Crippen LogP contribution in [0.1, 0.15) is 25.0 Å². The van der Waals surface area contributed by atoms with Crippen LogP contribution in [0.3, 0.4) is 0 Å².